The van der Waals surface area contributed by atoms with Crippen molar-refractivity contribution < 1.29 is 4.74 Å². The molecule has 0 bridgehead atoms. The van der Waals surface area contributed by atoms with E-state index in [-0.39, 0.29) is 0 Å². The predicted molar refractivity (Wildman–Crippen MR) is 279 cm³/mol. The molecular formula is C62H37N5O. The zero-order chi connectivity index (χ0) is 44.5. The van der Waals surface area contributed by atoms with Crippen molar-refractivity contribution in [1.82, 2.24) is 23.7 Å². The lowest BCUT2D eigenvalue weighted by molar-refractivity contribution is 0.486. The predicted octanol–water partition coefficient (Wildman–Crippen LogP) is 16.0. The molecule has 14 aromatic rings. The fourth-order valence-corrected chi connectivity index (χ4v) is 11.0. The maximum atomic E-state index is 6.33. The zero-order valence-corrected chi connectivity index (χ0v) is 36.5. The van der Waals surface area contributed by atoms with Crippen LogP contribution in [0.2, 0.25) is 0 Å². The fraction of sp³-hybridized carbons (Fsp3) is 0. The van der Waals surface area contributed by atoms with Crippen molar-refractivity contribution in [2.24, 2.45) is 0 Å². The molecule has 316 valence electrons. The van der Waals surface area contributed by atoms with Crippen molar-refractivity contribution >= 4 is 76.3 Å². The van der Waals surface area contributed by atoms with Gasteiger partial charge in [-0.3, -0.25) is 4.57 Å². The summed E-state index contributed by atoms with van der Waals surface area (Å²) in [5.74, 6) is 2.21. The molecule has 15 rings (SSSR count). The van der Waals surface area contributed by atoms with E-state index in [2.05, 4.69) is 208 Å². The number of para-hydroxylation sites is 5. The summed E-state index contributed by atoms with van der Waals surface area (Å²) < 4.78 is 13.3. The van der Waals surface area contributed by atoms with Gasteiger partial charge in [0.25, 0.3) is 0 Å². The summed E-state index contributed by atoms with van der Waals surface area (Å²) in [6, 6.07) is 80.5. The first-order chi connectivity index (χ1) is 33.7. The molecule has 6 heteroatoms. The van der Waals surface area contributed by atoms with E-state index in [1.807, 2.05) is 30.3 Å². The van der Waals surface area contributed by atoms with Crippen LogP contribution in [0.4, 0.5) is 0 Å². The van der Waals surface area contributed by atoms with Gasteiger partial charge in [-0.05, 0) is 131 Å². The Balaban J connectivity index is 0.902. The highest BCUT2D eigenvalue weighted by Gasteiger charge is 2.25. The van der Waals surface area contributed by atoms with Crippen LogP contribution in [0.1, 0.15) is 0 Å². The monoisotopic (exact) mass is 867 g/mol. The Kier molecular flexibility index (Phi) is 7.69. The number of nitrogens with zero attached hydrogens (tertiary/aromatic N) is 5. The van der Waals surface area contributed by atoms with Crippen LogP contribution in [0.25, 0.3) is 127 Å². The van der Waals surface area contributed by atoms with E-state index in [1.54, 1.807) is 0 Å². The van der Waals surface area contributed by atoms with Crippen LogP contribution < -0.4 is 4.74 Å². The normalized spacial score (nSPS) is 12.2. The van der Waals surface area contributed by atoms with Gasteiger partial charge in [0.2, 0.25) is 5.95 Å². The molecule has 4 aromatic heterocycles. The first-order valence-corrected chi connectivity index (χ1v) is 23.1. The molecule has 1 aliphatic heterocycles. The molecule has 0 aliphatic carbocycles. The largest absolute Gasteiger partial charge is 0.456 e. The van der Waals surface area contributed by atoms with Crippen molar-refractivity contribution in [3.63, 3.8) is 0 Å². The van der Waals surface area contributed by atoms with Crippen LogP contribution in [0.3, 0.4) is 0 Å². The Morgan fingerprint density at radius 1 is 0.309 bits per heavy atom. The molecular weight excluding hydrogens is 831 g/mol. The number of benzene rings is 10. The SMILES string of the molecule is c1ccc(-n2c3ccccc3c3cc(-c4ccc5c(c4)c4cc(-c6ccc7c(c6)c6ccccc6n7-c6nc7c8c(cccc8n6)Oc6ccccc6-7)ccc4n5-c4ccccc4)ccc32)cc1. The smallest absolute Gasteiger partial charge is 0.235 e. The van der Waals surface area contributed by atoms with Crippen molar-refractivity contribution in [3.8, 4) is 62.3 Å². The molecule has 0 unspecified atom stereocenters. The van der Waals surface area contributed by atoms with Gasteiger partial charge in [0, 0.05) is 49.3 Å². The third-order valence-corrected chi connectivity index (χ3v) is 14.0. The third-order valence-electron chi connectivity index (χ3n) is 14.0. The minimum Gasteiger partial charge on any atom is -0.456 e. The zero-order valence-electron chi connectivity index (χ0n) is 36.5. The highest BCUT2D eigenvalue weighted by Crippen LogP contribution is 2.46. The molecule has 0 saturated heterocycles. The van der Waals surface area contributed by atoms with Crippen molar-refractivity contribution in [2.75, 3.05) is 0 Å². The van der Waals surface area contributed by atoms with Crippen LogP contribution in [-0.4, -0.2) is 23.7 Å². The minimum absolute atomic E-state index is 0.632. The van der Waals surface area contributed by atoms with E-state index >= 15 is 0 Å². The van der Waals surface area contributed by atoms with Gasteiger partial charge in [-0.1, -0.05) is 115 Å². The Hall–Kier alpha value is -9.26. The lowest BCUT2D eigenvalue weighted by Gasteiger charge is -2.20. The second-order valence-corrected chi connectivity index (χ2v) is 17.8. The minimum atomic E-state index is 0.632. The molecule has 68 heavy (non-hydrogen) atoms. The van der Waals surface area contributed by atoms with E-state index in [0.29, 0.717) is 5.95 Å². The number of fused-ring (bicyclic) bond motifs is 11. The molecule has 0 fully saturated rings. The standard InChI is InChI=1S/C62H37N5O/c1-3-14-42(15-4-1)65-52-22-10-7-18-44(52)47-34-38(26-30-54(47)65)40-27-31-55-49(36-40)50-37-41(28-32-56(50)66(55)43-16-5-2-6-17-43)39-29-33-57-48(35-39)45-19-8-11-23-53(45)67(57)62-63-51-21-13-25-59-60(51)61(64-62)46-20-9-12-24-58(46)68-59/h1-37H. The van der Waals surface area contributed by atoms with Gasteiger partial charge in [-0.2, -0.15) is 0 Å². The van der Waals surface area contributed by atoms with Gasteiger partial charge < -0.3 is 13.9 Å². The highest BCUT2D eigenvalue weighted by atomic mass is 16.5. The van der Waals surface area contributed by atoms with Crippen molar-refractivity contribution in [2.45, 2.75) is 0 Å². The third kappa shape index (κ3) is 5.34. The molecule has 0 N–H and O–H groups in total. The molecule has 1 aliphatic rings. The number of ether oxygens (including phenoxy) is 1. The van der Waals surface area contributed by atoms with E-state index < -0.39 is 0 Å². The molecule has 10 aromatic carbocycles. The summed E-state index contributed by atoms with van der Waals surface area (Å²) in [6.07, 6.45) is 0. The molecule has 0 radical (unpaired) electrons. The Labute approximate surface area is 389 Å². The van der Waals surface area contributed by atoms with E-state index in [1.165, 1.54) is 54.7 Å². The number of hydrogen-bond donors (Lipinski definition) is 0. The van der Waals surface area contributed by atoms with Crippen LogP contribution in [-0.2, 0) is 0 Å². The summed E-state index contributed by atoms with van der Waals surface area (Å²) >= 11 is 0. The average Bonchev–Trinajstić information content (AvgIpc) is 4.04. The molecule has 0 atom stereocenters. The van der Waals surface area contributed by atoms with Gasteiger partial charge in [0.1, 0.15) is 11.5 Å². The van der Waals surface area contributed by atoms with Crippen LogP contribution >= 0.6 is 0 Å². The quantitative estimate of drug-likeness (QED) is 0.173. The van der Waals surface area contributed by atoms with Crippen LogP contribution in [0.15, 0.2) is 224 Å². The second-order valence-electron chi connectivity index (χ2n) is 17.8. The molecule has 0 saturated carbocycles. The van der Waals surface area contributed by atoms with Crippen molar-refractivity contribution in [3.05, 3.63) is 224 Å². The number of rotatable bonds is 5. The summed E-state index contributed by atoms with van der Waals surface area (Å²) in [7, 11) is 0. The topological polar surface area (TPSA) is 49.8 Å². The Bertz CT molecular complexity index is 4410. The maximum Gasteiger partial charge on any atom is 0.235 e. The molecule has 6 nitrogen and oxygen atoms in total. The van der Waals surface area contributed by atoms with Gasteiger partial charge in [0.05, 0.1) is 49.7 Å². The highest BCUT2D eigenvalue weighted by molar-refractivity contribution is 6.15. The number of aromatic nitrogens is 5. The molecule has 5 heterocycles. The average molecular weight is 868 g/mol. The summed E-state index contributed by atoms with van der Waals surface area (Å²) in [5, 5.41) is 8.12. The van der Waals surface area contributed by atoms with Crippen molar-refractivity contribution in [1.29, 1.82) is 0 Å². The first kappa shape index (κ1) is 37.0. The fourth-order valence-electron chi connectivity index (χ4n) is 11.0. The molecule has 0 spiro atoms. The van der Waals surface area contributed by atoms with E-state index in [4.69, 9.17) is 14.7 Å². The van der Waals surface area contributed by atoms with Gasteiger partial charge in [-0.25, -0.2) is 9.97 Å². The Morgan fingerprint density at radius 2 is 0.735 bits per heavy atom. The first-order valence-electron chi connectivity index (χ1n) is 23.1. The summed E-state index contributed by atoms with van der Waals surface area (Å²) in [4.78, 5) is 10.5. The maximum absolute atomic E-state index is 6.33. The van der Waals surface area contributed by atoms with Gasteiger partial charge in [-0.15, -0.1) is 0 Å². The Morgan fingerprint density at radius 3 is 1.29 bits per heavy atom. The van der Waals surface area contributed by atoms with E-state index in [9.17, 15) is 0 Å². The van der Waals surface area contributed by atoms with Crippen LogP contribution in [0, 0.1) is 0 Å². The lowest BCUT2D eigenvalue weighted by Crippen LogP contribution is -2.06. The van der Waals surface area contributed by atoms with Crippen LogP contribution in [0.5, 0.6) is 11.5 Å². The lowest BCUT2D eigenvalue weighted by atomic mass is 9.98. The van der Waals surface area contributed by atoms with Gasteiger partial charge >= 0.3 is 0 Å². The second kappa shape index (κ2) is 14.1. The summed E-state index contributed by atoms with van der Waals surface area (Å²) in [5.41, 5.74) is 16.5. The van der Waals surface area contributed by atoms with E-state index in [0.717, 1.165) is 78.0 Å². The summed E-state index contributed by atoms with van der Waals surface area (Å²) in [6.45, 7) is 0. The van der Waals surface area contributed by atoms with Gasteiger partial charge in [0.15, 0.2) is 0 Å². The number of hydrogen-bond acceptors (Lipinski definition) is 3. The molecule has 0 amide bonds.